The third kappa shape index (κ3) is 11.5. The Kier molecular flexibility index (Phi) is 11.0. The molecule has 0 spiro atoms. The van der Waals surface area contributed by atoms with Gasteiger partial charge in [0.25, 0.3) is 0 Å². The lowest BCUT2D eigenvalue weighted by Crippen LogP contribution is -1.26. The molecule has 0 nitrogen and oxygen atoms in total. The topological polar surface area (TPSA) is 0 Å². The first kappa shape index (κ1) is 12.5. The molecule has 0 saturated carbocycles. The molecule has 0 bridgehead atoms. The molecule has 2 heterocycles. The summed E-state index contributed by atoms with van der Waals surface area (Å²) in [6, 6.07) is 8.07. The third-order valence-corrected chi connectivity index (χ3v) is 2.11. The lowest BCUT2D eigenvalue weighted by molar-refractivity contribution is 2.03. The molecule has 0 aromatic carbocycles. The van der Waals surface area contributed by atoms with E-state index in [1.54, 1.807) is 28.0 Å². The minimum absolute atomic E-state index is 1.58. The highest BCUT2D eigenvalue weighted by Crippen LogP contribution is 1.92. The fourth-order valence-corrected chi connectivity index (χ4v) is 1.36. The van der Waals surface area contributed by atoms with Crippen molar-refractivity contribution in [1.29, 1.82) is 0 Å². The summed E-state index contributed by atoms with van der Waals surface area (Å²) in [6.45, 7) is 1.81. The Morgan fingerprint density at radius 1 is 0.846 bits per heavy atom. The molecule has 0 atom stereocenters. The molecular formula is C10H12S3. The lowest BCUT2D eigenvalue weighted by Gasteiger charge is -1.39. The molecule has 13 heavy (non-hydrogen) atoms. The van der Waals surface area contributed by atoms with Crippen molar-refractivity contribution in [3.63, 3.8) is 0 Å². The normalized spacial score (nSPS) is 7.15. The van der Waals surface area contributed by atoms with Gasteiger partial charge in [-0.1, -0.05) is 36.5 Å². The number of thiocarbonyl (C=S) groups is 1. The van der Waals surface area contributed by atoms with E-state index in [2.05, 4.69) is 12.2 Å². The van der Waals surface area contributed by atoms with Gasteiger partial charge in [0, 0.05) is 0 Å². The van der Waals surface area contributed by atoms with Gasteiger partial charge in [0.2, 0.25) is 0 Å². The standard InChI is InChI=1S/2C4H4S.C2H4S/c2*1-2-4-5-3-1;1-2-3/h2*1-4H;2H,1H3. The molecule has 0 amide bonds. The number of rotatable bonds is 0. The van der Waals surface area contributed by atoms with E-state index in [1.165, 1.54) is 0 Å². The fourth-order valence-electron chi connectivity index (χ4n) is 0.454. The minimum atomic E-state index is 1.58. The molecule has 70 valence electrons. The first-order chi connectivity index (χ1) is 6.41. The summed E-state index contributed by atoms with van der Waals surface area (Å²) in [7, 11) is 0. The summed E-state index contributed by atoms with van der Waals surface area (Å²) >= 11 is 7.69. The number of hydrogen-bond donors (Lipinski definition) is 0. The van der Waals surface area contributed by atoms with Gasteiger partial charge in [0.05, 0.1) is 0 Å². The molecule has 0 aliphatic rings. The summed E-state index contributed by atoms with van der Waals surface area (Å²) in [4.78, 5) is 0. The molecule has 0 unspecified atom stereocenters. The van der Waals surface area contributed by atoms with E-state index in [9.17, 15) is 0 Å². The van der Waals surface area contributed by atoms with Crippen LogP contribution in [0.15, 0.2) is 45.8 Å². The van der Waals surface area contributed by atoms with Gasteiger partial charge in [-0.05, 0) is 33.8 Å². The maximum absolute atomic E-state index is 4.27. The zero-order valence-corrected chi connectivity index (χ0v) is 9.87. The molecule has 0 aliphatic carbocycles. The van der Waals surface area contributed by atoms with Crippen molar-refractivity contribution in [2.75, 3.05) is 0 Å². The summed E-state index contributed by atoms with van der Waals surface area (Å²) in [6.07, 6.45) is 0. The van der Waals surface area contributed by atoms with Gasteiger partial charge in [0.1, 0.15) is 0 Å². The smallest absolute Gasteiger partial charge is 0.00934 e. The Morgan fingerprint density at radius 2 is 1.08 bits per heavy atom. The second-order valence-corrected chi connectivity index (χ2v) is 3.93. The number of hydrogen-bond acceptors (Lipinski definition) is 3. The highest BCUT2D eigenvalue weighted by atomic mass is 32.1. The van der Waals surface area contributed by atoms with Gasteiger partial charge in [-0.25, -0.2) is 0 Å². The average Bonchev–Trinajstić information content (AvgIpc) is 2.85. The van der Waals surface area contributed by atoms with E-state index in [4.69, 9.17) is 0 Å². The van der Waals surface area contributed by atoms with Crippen molar-refractivity contribution in [2.24, 2.45) is 0 Å². The maximum atomic E-state index is 4.27. The molecule has 0 aliphatic heterocycles. The minimum Gasteiger partial charge on any atom is -0.152 e. The Labute approximate surface area is 92.9 Å². The highest BCUT2D eigenvalue weighted by Gasteiger charge is 1.59. The van der Waals surface area contributed by atoms with Crippen molar-refractivity contribution in [3.8, 4) is 0 Å². The van der Waals surface area contributed by atoms with Crippen LogP contribution in [0.3, 0.4) is 0 Å². The second-order valence-electron chi connectivity index (χ2n) is 1.82. The SMILES string of the molecule is CC=S.c1ccsc1.c1ccsc1. The molecule has 0 N–H and O–H groups in total. The Balaban J connectivity index is 0.000000174. The largest absolute Gasteiger partial charge is 0.152 e. The third-order valence-electron chi connectivity index (χ3n) is 0.851. The molecule has 0 fully saturated rings. The zero-order valence-electron chi connectivity index (χ0n) is 7.42. The van der Waals surface area contributed by atoms with Crippen LogP contribution in [-0.2, 0) is 0 Å². The summed E-state index contributed by atoms with van der Waals surface area (Å²) in [5.74, 6) is 0. The van der Waals surface area contributed by atoms with E-state index in [0.717, 1.165) is 0 Å². The van der Waals surface area contributed by atoms with Crippen LogP contribution in [0.25, 0.3) is 0 Å². The van der Waals surface area contributed by atoms with Crippen LogP contribution in [0.5, 0.6) is 0 Å². The summed E-state index contributed by atoms with van der Waals surface area (Å²) in [5, 5.41) is 9.75. The first-order valence-electron chi connectivity index (χ1n) is 3.76. The lowest BCUT2D eigenvalue weighted by atomic mass is 10.7. The predicted molar refractivity (Wildman–Crippen MR) is 68.0 cm³/mol. The van der Waals surface area contributed by atoms with Gasteiger partial charge in [-0.2, -0.15) is 22.7 Å². The van der Waals surface area contributed by atoms with Crippen molar-refractivity contribution in [3.05, 3.63) is 45.8 Å². The van der Waals surface area contributed by atoms with Crippen LogP contribution in [0.1, 0.15) is 6.92 Å². The van der Waals surface area contributed by atoms with E-state index in [0.29, 0.717) is 0 Å². The van der Waals surface area contributed by atoms with Gasteiger partial charge in [0.15, 0.2) is 0 Å². The maximum Gasteiger partial charge on any atom is -0.00934 e. The zero-order chi connectivity index (χ0) is 9.78. The van der Waals surface area contributed by atoms with Crippen LogP contribution in [0.4, 0.5) is 0 Å². The molecule has 2 aromatic rings. The van der Waals surface area contributed by atoms with E-state index >= 15 is 0 Å². The van der Waals surface area contributed by atoms with Gasteiger partial charge in [-0.15, -0.1) is 0 Å². The van der Waals surface area contributed by atoms with Crippen LogP contribution >= 0.6 is 34.9 Å². The van der Waals surface area contributed by atoms with Crippen molar-refractivity contribution in [1.82, 2.24) is 0 Å². The second kappa shape index (κ2) is 11.5. The van der Waals surface area contributed by atoms with E-state index in [1.807, 2.05) is 52.7 Å². The Hall–Kier alpha value is -0.510. The number of thiophene rings is 2. The molecule has 0 saturated heterocycles. The monoisotopic (exact) mass is 228 g/mol. The van der Waals surface area contributed by atoms with Crippen molar-refractivity contribution >= 4 is 40.3 Å². The van der Waals surface area contributed by atoms with Gasteiger partial charge >= 0.3 is 0 Å². The summed E-state index contributed by atoms with van der Waals surface area (Å²) < 4.78 is 0. The quantitative estimate of drug-likeness (QED) is 0.598. The average molecular weight is 228 g/mol. The van der Waals surface area contributed by atoms with Gasteiger partial charge in [-0.3, -0.25) is 0 Å². The van der Waals surface area contributed by atoms with E-state index in [-0.39, 0.29) is 0 Å². The summed E-state index contributed by atoms with van der Waals surface area (Å²) in [5.41, 5.74) is 0. The van der Waals surface area contributed by atoms with Crippen molar-refractivity contribution < 1.29 is 0 Å². The fraction of sp³-hybridized carbons (Fsp3) is 0.100. The van der Waals surface area contributed by atoms with E-state index < -0.39 is 0 Å². The first-order valence-corrected chi connectivity index (χ1v) is 6.11. The molecule has 3 heteroatoms. The van der Waals surface area contributed by atoms with Crippen LogP contribution in [0.2, 0.25) is 0 Å². The molecule has 2 aromatic heterocycles. The van der Waals surface area contributed by atoms with Gasteiger partial charge < -0.3 is 0 Å². The van der Waals surface area contributed by atoms with Crippen LogP contribution in [-0.4, -0.2) is 5.37 Å². The Bertz CT molecular complexity index is 185. The highest BCUT2D eigenvalue weighted by molar-refractivity contribution is 7.78. The van der Waals surface area contributed by atoms with Crippen LogP contribution < -0.4 is 0 Å². The van der Waals surface area contributed by atoms with Crippen LogP contribution in [0, 0.1) is 0 Å². The molecule has 0 radical (unpaired) electrons. The molecular weight excluding hydrogens is 216 g/mol. The Morgan fingerprint density at radius 3 is 1.15 bits per heavy atom. The van der Waals surface area contributed by atoms with Crippen molar-refractivity contribution in [2.45, 2.75) is 6.92 Å². The molecule has 2 rings (SSSR count). The predicted octanol–water partition coefficient (Wildman–Crippen LogP) is 4.50.